The Kier molecular flexibility index (Phi) is 4.27. The molecule has 2 fully saturated rings. The van der Waals surface area contributed by atoms with Crippen LogP contribution < -0.4 is 11.1 Å². The zero-order valence-electron chi connectivity index (χ0n) is 11.6. The number of carbonyl (C=O) groups is 1. The van der Waals surface area contributed by atoms with Crippen molar-refractivity contribution in [3.05, 3.63) is 0 Å². The Labute approximate surface area is 115 Å². The molecule has 1 amide bonds. The van der Waals surface area contributed by atoms with Crippen LogP contribution in [-0.2, 0) is 4.79 Å². The van der Waals surface area contributed by atoms with E-state index in [-0.39, 0.29) is 11.3 Å². The maximum absolute atomic E-state index is 12.0. The van der Waals surface area contributed by atoms with Crippen LogP contribution in [0.5, 0.6) is 0 Å². The molecule has 0 aromatic carbocycles. The molecule has 0 aromatic rings. The fraction of sp³-hybridized carbons (Fsp3) is 0.929. The number of carbonyl (C=O) groups excluding carboxylic acids is 1. The standard InChI is InChI=1S/C14H26N2OS/c1-13(2)8-14(12(15)17,10-18-9-13)16-11-6-4-3-5-7-11/h11,16H,3-10H2,1-2H3,(H2,15,17). The molecule has 104 valence electrons. The number of amides is 1. The van der Waals surface area contributed by atoms with Gasteiger partial charge in [-0.05, 0) is 30.4 Å². The normalized spacial score (nSPS) is 33.2. The molecule has 1 unspecified atom stereocenters. The molecular weight excluding hydrogens is 244 g/mol. The zero-order chi connectivity index (χ0) is 13.2. The first kappa shape index (κ1) is 14.2. The van der Waals surface area contributed by atoms with E-state index in [0.29, 0.717) is 6.04 Å². The van der Waals surface area contributed by atoms with Gasteiger partial charge in [-0.3, -0.25) is 10.1 Å². The third kappa shape index (κ3) is 3.21. The van der Waals surface area contributed by atoms with Crippen LogP contribution >= 0.6 is 11.8 Å². The Morgan fingerprint density at radius 2 is 1.89 bits per heavy atom. The number of nitrogens with two attached hydrogens (primary N) is 1. The highest BCUT2D eigenvalue weighted by molar-refractivity contribution is 7.99. The monoisotopic (exact) mass is 270 g/mol. The minimum atomic E-state index is -0.478. The van der Waals surface area contributed by atoms with Gasteiger partial charge in [-0.2, -0.15) is 11.8 Å². The van der Waals surface area contributed by atoms with Crippen molar-refractivity contribution in [3.8, 4) is 0 Å². The van der Waals surface area contributed by atoms with E-state index in [1.165, 1.54) is 32.1 Å². The van der Waals surface area contributed by atoms with Gasteiger partial charge in [-0.1, -0.05) is 33.1 Å². The maximum atomic E-state index is 12.0. The lowest BCUT2D eigenvalue weighted by atomic mass is 9.78. The first-order chi connectivity index (χ1) is 8.44. The summed E-state index contributed by atoms with van der Waals surface area (Å²) in [5, 5.41) is 3.63. The van der Waals surface area contributed by atoms with Crippen molar-refractivity contribution in [2.75, 3.05) is 11.5 Å². The molecular formula is C14H26N2OS. The van der Waals surface area contributed by atoms with Gasteiger partial charge in [0.1, 0.15) is 5.54 Å². The molecule has 0 bridgehead atoms. The molecule has 1 saturated heterocycles. The molecule has 3 N–H and O–H groups in total. The van der Waals surface area contributed by atoms with Gasteiger partial charge in [0.05, 0.1) is 0 Å². The SMILES string of the molecule is CC1(C)CSCC(NC2CCCCC2)(C(N)=O)C1. The van der Waals surface area contributed by atoms with Crippen LogP contribution in [0.15, 0.2) is 0 Å². The van der Waals surface area contributed by atoms with E-state index in [9.17, 15) is 4.79 Å². The Hall–Kier alpha value is -0.220. The highest BCUT2D eigenvalue weighted by atomic mass is 32.2. The van der Waals surface area contributed by atoms with E-state index >= 15 is 0 Å². The van der Waals surface area contributed by atoms with Gasteiger partial charge in [-0.15, -0.1) is 0 Å². The predicted molar refractivity (Wildman–Crippen MR) is 77.7 cm³/mol. The highest BCUT2D eigenvalue weighted by Gasteiger charge is 2.45. The van der Waals surface area contributed by atoms with Crippen molar-refractivity contribution in [1.29, 1.82) is 0 Å². The van der Waals surface area contributed by atoms with Crippen LogP contribution in [0.4, 0.5) is 0 Å². The summed E-state index contributed by atoms with van der Waals surface area (Å²) in [6, 6.07) is 0.487. The van der Waals surface area contributed by atoms with Crippen LogP contribution in [0.3, 0.4) is 0 Å². The first-order valence-electron chi connectivity index (χ1n) is 7.09. The average Bonchev–Trinajstić information content (AvgIpc) is 2.28. The lowest BCUT2D eigenvalue weighted by Crippen LogP contribution is -2.64. The average molecular weight is 270 g/mol. The zero-order valence-corrected chi connectivity index (χ0v) is 12.4. The van der Waals surface area contributed by atoms with Crippen LogP contribution in [0.1, 0.15) is 52.4 Å². The number of nitrogens with one attached hydrogen (secondary N) is 1. The lowest BCUT2D eigenvalue weighted by molar-refractivity contribution is -0.125. The fourth-order valence-corrected chi connectivity index (χ4v) is 4.81. The van der Waals surface area contributed by atoms with Gasteiger partial charge in [0.2, 0.25) is 5.91 Å². The topological polar surface area (TPSA) is 55.1 Å². The Bertz CT molecular complexity index is 313. The number of primary amides is 1. The summed E-state index contributed by atoms with van der Waals surface area (Å²) in [6.07, 6.45) is 7.16. The third-order valence-electron chi connectivity index (χ3n) is 4.18. The minimum Gasteiger partial charge on any atom is -0.368 e. The lowest BCUT2D eigenvalue weighted by Gasteiger charge is -2.45. The summed E-state index contributed by atoms with van der Waals surface area (Å²) in [4.78, 5) is 12.0. The quantitative estimate of drug-likeness (QED) is 0.827. The van der Waals surface area contributed by atoms with E-state index < -0.39 is 5.54 Å². The van der Waals surface area contributed by atoms with Crippen molar-refractivity contribution < 1.29 is 4.79 Å². The number of rotatable bonds is 3. The molecule has 1 aliphatic heterocycles. The molecule has 1 saturated carbocycles. The molecule has 0 spiro atoms. The molecule has 1 heterocycles. The van der Waals surface area contributed by atoms with Crippen molar-refractivity contribution in [2.45, 2.75) is 64.0 Å². The number of thioether (sulfide) groups is 1. The molecule has 4 heteroatoms. The van der Waals surface area contributed by atoms with Crippen LogP contribution in [0, 0.1) is 5.41 Å². The van der Waals surface area contributed by atoms with Gasteiger partial charge >= 0.3 is 0 Å². The van der Waals surface area contributed by atoms with E-state index in [1.54, 1.807) is 0 Å². The fourth-order valence-electron chi connectivity index (χ4n) is 3.38. The molecule has 1 atom stereocenters. The number of hydrogen-bond acceptors (Lipinski definition) is 3. The summed E-state index contributed by atoms with van der Waals surface area (Å²) < 4.78 is 0. The van der Waals surface area contributed by atoms with Crippen LogP contribution in [0.2, 0.25) is 0 Å². The van der Waals surface area contributed by atoms with E-state index in [1.807, 2.05) is 11.8 Å². The van der Waals surface area contributed by atoms with E-state index in [4.69, 9.17) is 5.73 Å². The molecule has 18 heavy (non-hydrogen) atoms. The summed E-state index contributed by atoms with van der Waals surface area (Å²) in [6.45, 7) is 4.47. The van der Waals surface area contributed by atoms with Gasteiger partial charge in [0, 0.05) is 11.8 Å². The van der Waals surface area contributed by atoms with Gasteiger partial charge in [0.15, 0.2) is 0 Å². The van der Waals surface area contributed by atoms with E-state index in [2.05, 4.69) is 19.2 Å². The minimum absolute atomic E-state index is 0.159. The van der Waals surface area contributed by atoms with Gasteiger partial charge in [0.25, 0.3) is 0 Å². The summed E-state index contributed by atoms with van der Waals surface area (Å²) in [5.74, 6) is 1.80. The second-order valence-electron chi connectivity index (χ2n) is 6.76. The Morgan fingerprint density at radius 3 is 2.44 bits per heavy atom. The van der Waals surface area contributed by atoms with Crippen molar-refractivity contribution in [2.24, 2.45) is 11.1 Å². The van der Waals surface area contributed by atoms with Crippen molar-refractivity contribution in [1.82, 2.24) is 5.32 Å². The largest absolute Gasteiger partial charge is 0.368 e. The molecule has 0 aromatic heterocycles. The second-order valence-corrected chi connectivity index (χ2v) is 7.75. The Balaban J connectivity index is 2.08. The summed E-state index contributed by atoms with van der Waals surface area (Å²) >= 11 is 1.86. The van der Waals surface area contributed by atoms with Gasteiger partial charge in [-0.25, -0.2) is 0 Å². The molecule has 2 rings (SSSR count). The predicted octanol–water partition coefficient (Wildman–Crippen LogP) is 2.30. The van der Waals surface area contributed by atoms with Crippen molar-refractivity contribution >= 4 is 17.7 Å². The third-order valence-corrected chi connectivity index (χ3v) is 5.86. The molecule has 0 radical (unpaired) electrons. The second kappa shape index (κ2) is 5.41. The van der Waals surface area contributed by atoms with Crippen molar-refractivity contribution in [3.63, 3.8) is 0 Å². The van der Waals surface area contributed by atoms with E-state index in [0.717, 1.165) is 17.9 Å². The molecule has 1 aliphatic carbocycles. The van der Waals surface area contributed by atoms with Gasteiger partial charge < -0.3 is 5.73 Å². The smallest absolute Gasteiger partial charge is 0.238 e. The van der Waals surface area contributed by atoms with Crippen LogP contribution in [-0.4, -0.2) is 29.0 Å². The number of hydrogen-bond donors (Lipinski definition) is 2. The summed E-state index contributed by atoms with van der Waals surface area (Å²) in [7, 11) is 0. The first-order valence-corrected chi connectivity index (χ1v) is 8.24. The van der Waals surface area contributed by atoms with Crippen LogP contribution in [0.25, 0.3) is 0 Å². The molecule has 3 nitrogen and oxygen atoms in total. The Morgan fingerprint density at radius 1 is 1.22 bits per heavy atom. The molecule has 2 aliphatic rings. The highest BCUT2D eigenvalue weighted by Crippen LogP contribution is 2.40. The summed E-state index contributed by atoms with van der Waals surface area (Å²) in [5.41, 5.74) is 5.44. The maximum Gasteiger partial charge on any atom is 0.238 e.